The molecule has 0 N–H and O–H groups in total. The van der Waals surface area contributed by atoms with Gasteiger partial charge in [-0.15, -0.1) is 0 Å². The molecular weight excluding hydrogens is 274 g/mol. The van der Waals surface area contributed by atoms with Gasteiger partial charge < -0.3 is 0 Å². The van der Waals surface area contributed by atoms with E-state index in [2.05, 4.69) is 47.1 Å². The zero-order chi connectivity index (χ0) is 12.3. The quantitative estimate of drug-likeness (QED) is 0.789. The first kappa shape index (κ1) is 12.6. The van der Waals surface area contributed by atoms with Crippen molar-refractivity contribution >= 4 is 15.9 Å². The van der Waals surface area contributed by atoms with Crippen LogP contribution in [0, 0.1) is 11.3 Å². The number of benzene rings is 1. The number of hydrogen-bond acceptors (Lipinski definition) is 1. The van der Waals surface area contributed by atoms with Crippen LogP contribution < -0.4 is 0 Å². The highest BCUT2D eigenvalue weighted by molar-refractivity contribution is 9.10. The van der Waals surface area contributed by atoms with Gasteiger partial charge in [-0.2, -0.15) is 5.26 Å². The molecular formula is C15H18BrN. The van der Waals surface area contributed by atoms with E-state index in [4.69, 9.17) is 5.26 Å². The number of halogens is 1. The number of aryl methyl sites for hydroxylation is 1. The van der Waals surface area contributed by atoms with E-state index in [1.54, 1.807) is 0 Å². The highest BCUT2D eigenvalue weighted by Gasteiger charge is 2.35. The fourth-order valence-electron chi connectivity index (χ4n) is 2.93. The van der Waals surface area contributed by atoms with Gasteiger partial charge in [0.1, 0.15) is 0 Å². The Morgan fingerprint density at radius 3 is 2.59 bits per heavy atom. The molecule has 1 aromatic carbocycles. The maximum atomic E-state index is 9.09. The Bertz CT molecular complexity index is 439. The molecule has 2 rings (SSSR count). The molecule has 1 fully saturated rings. The van der Waals surface area contributed by atoms with Crippen LogP contribution in [-0.2, 0) is 11.8 Å². The van der Waals surface area contributed by atoms with E-state index in [0.29, 0.717) is 6.42 Å². The Labute approximate surface area is 112 Å². The lowest BCUT2D eigenvalue weighted by Gasteiger charge is -2.27. The molecule has 0 atom stereocenters. The second-order valence-corrected chi connectivity index (χ2v) is 5.94. The molecule has 1 saturated carbocycles. The minimum absolute atomic E-state index is 0.127. The second kappa shape index (κ2) is 5.23. The molecule has 0 aliphatic heterocycles. The number of hydrogen-bond donors (Lipinski definition) is 0. The van der Waals surface area contributed by atoms with Gasteiger partial charge in [-0.25, -0.2) is 0 Å². The molecule has 0 heterocycles. The molecule has 0 amide bonds. The standard InChI is InChI=1S/C15H18BrN/c1-2-12-9-13(11-14(16)10-12)15(7-8-17)5-3-4-6-15/h9-11H,2-7H2,1H3. The lowest BCUT2D eigenvalue weighted by atomic mass is 9.76. The van der Waals surface area contributed by atoms with Crippen molar-refractivity contribution in [3.8, 4) is 6.07 Å². The Kier molecular flexibility index (Phi) is 3.89. The van der Waals surface area contributed by atoms with Crippen molar-refractivity contribution in [3.63, 3.8) is 0 Å². The van der Waals surface area contributed by atoms with Gasteiger partial charge in [0.25, 0.3) is 0 Å². The molecule has 1 aliphatic carbocycles. The Hall–Kier alpha value is -0.810. The monoisotopic (exact) mass is 291 g/mol. The predicted octanol–water partition coefficient (Wildman–Crippen LogP) is 4.74. The minimum atomic E-state index is 0.127. The molecule has 90 valence electrons. The first-order valence-corrected chi connectivity index (χ1v) is 7.16. The van der Waals surface area contributed by atoms with Crippen LogP contribution in [0.2, 0.25) is 0 Å². The second-order valence-electron chi connectivity index (χ2n) is 5.02. The van der Waals surface area contributed by atoms with Crippen molar-refractivity contribution in [2.75, 3.05) is 0 Å². The summed E-state index contributed by atoms with van der Waals surface area (Å²) >= 11 is 3.59. The molecule has 2 heteroatoms. The summed E-state index contributed by atoms with van der Waals surface area (Å²) in [7, 11) is 0. The topological polar surface area (TPSA) is 23.8 Å². The summed E-state index contributed by atoms with van der Waals surface area (Å²) in [6.07, 6.45) is 6.56. The molecule has 1 nitrogen and oxygen atoms in total. The Morgan fingerprint density at radius 1 is 1.29 bits per heavy atom. The molecule has 0 aromatic heterocycles. The smallest absolute Gasteiger partial charge is 0.0631 e. The third-order valence-electron chi connectivity index (χ3n) is 3.96. The van der Waals surface area contributed by atoms with Crippen LogP contribution >= 0.6 is 15.9 Å². The molecule has 0 unspecified atom stereocenters. The maximum Gasteiger partial charge on any atom is 0.0631 e. The van der Waals surface area contributed by atoms with E-state index in [0.717, 1.165) is 10.9 Å². The van der Waals surface area contributed by atoms with E-state index >= 15 is 0 Å². The largest absolute Gasteiger partial charge is 0.198 e. The molecule has 0 radical (unpaired) electrons. The van der Waals surface area contributed by atoms with Gasteiger partial charge in [0.15, 0.2) is 0 Å². The van der Waals surface area contributed by atoms with E-state index in [1.165, 1.54) is 36.8 Å². The summed E-state index contributed by atoms with van der Waals surface area (Å²) in [6.45, 7) is 2.18. The van der Waals surface area contributed by atoms with Gasteiger partial charge in [0, 0.05) is 16.3 Å². The zero-order valence-electron chi connectivity index (χ0n) is 10.3. The first-order valence-electron chi connectivity index (χ1n) is 6.37. The predicted molar refractivity (Wildman–Crippen MR) is 73.9 cm³/mol. The summed E-state index contributed by atoms with van der Waals surface area (Å²) in [4.78, 5) is 0. The molecule has 0 saturated heterocycles. The number of nitriles is 1. The van der Waals surface area contributed by atoms with Gasteiger partial charge >= 0.3 is 0 Å². The van der Waals surface area contributed by atoms with Gasteiger partial charge in [-0.05, 0) is 42.5 Å². The number of nitrogens with zero attached hydrogens (tertiary/aromatic N) is 1. The average Bonchev–Trinajstić information content (AvgIpc) is 2.78. The van der Waals surface area contributed by atoms with Crippen LogP contribution in [0.15, 0.2) is 22.7 Å². The van der Waals surface area contributed by atoms with Crippen molar-refractivity contribution in [2.45, 2.75) is 50.9 Å². The van der Waals surface area contributed by atoms with Crippen LogP contribution in [0.1, 0.15) is 50.2 Å². The first-order chi connectivity index (χ1) is 8.20. The average molecular weight is 292 g/mol. The van der Waals surface area contributed by atoms with Crippen LogP contribution in [0.25, 0.3) is 0 Å². The maximum absolute atomic E-state index is 9.09. The molecule has 0 spiro atoms. The summed E-state index contributed by atoms with van der Waals surface area (Å²) in [5, 5.41) is 9.09. The third kappa shape index (κ3) is 2.55. The molecule has 1 aromatic rings. The van der Waals surface area contributed by atoms with Crippen molar-refractivity contribution in [1.29, 1.82) is 5.26 Å². The summed E-state index contributed by atoms with van der Waals surface area (Å²) in [5.74, 6) is 0. The fraction of sp³-hybridized carbons (Fsp3) is 0.533. The normalized spacial score (nSPS) is 17.9. The van der Waals surface area contributed by atoms with Crippen molar-refractivity contribution in [3.05, 3.63) is 33.8 Å². The van der Waals surface area contributed by atoms with E-state index in [1.807, 2.05) is 0 Å². The minimum Gasteiger partial charge on any atom is -0.198 e. The summed E-state index contributed by atoms with van der Waals surface area (Å²) in [6, 6.07) is 9.08. The lowest BCUT2D eigenvalue weighted by Crippen LogP contribution is -2.21. The van der Waals surface area contributed by atoms with Crippen molar-refractivity contribution < 1.29 is 0 Å². The van der Waals surface area contributed by atoms with Crippen LogP contribution in [0.5, 0.6) is 0 Å². The summed E-state index contributed by atoms with van der Waals surface area (Å²) in [5.41, 5.74) is 2.85. The van der Waals surface area contributed by atoms with Gasteiger partial charge in [-0.1, -0.05) is 41.8 Å². The van der Waals surface area contributed by atoms with Crippen LogP contribution in [-0.4, -0.2) is 0 Å². The zero-order valence-corrected chi connectivity index (χ0v) is 11.9. The van der Waals surface area contributed by atoms with Crippen molar-refractivity contribution in [2.24, 2.45) is 0 Å². The lowest BCUT2D eigenvalue weighted by molar-refractivity contribution is 0.450. The summed E-state index contributed by atoms with van der Waals surface area (Å²) < 4.78 is 1.15. The number of rotatable bonds is 3. The highest BCUT2D eigenvalue weighted by atomic mass is 79.9. The Morgan fingerprint density at radius 2 is 2.00 bits per heavy atom. The van der Waals surface area contributed by atoms with Crippen LogP contribution in [0.4, 0.5) is 0 Å². The van der Waals surface area contributed by atoms with E-state index < -0.39 is 0 Å². The van der Waals surface area contributed by atoms with E-state index in [-0.39, 0.29) is 5.41 Å². The van der Waals surface area contributed by atoms with E-state index in [9.17, 15) is 0 Å². The molecule has 0 bridgehead atoms. The fourth-order valence-corrected chi connectivity index (χ4v) is 3.47. The van der Waals surface area contributed by atoms with Gasteiger partial charge in [-0.3, -0.25) is 0 Å². The van der Waals surface area contributed by atoms with Crippen molar-refractivity contribution in [1.82, 2.24) is 0 Å². The Balaban J connectivity index is 2.43. The van der Waals surface area contributed by atoms with Gasteiger partial charge in [0.05, 0.1) is 6.07 Å². The highest BCUT2D eigenvalue weighted by Crippen LogP contribution is 2.44. The molecule has 1 aliphatic rings. The van der Waals surface area contributed by atoms with Crippen LogP contribution in [0.3, 0.4) is 0 Å². The van der Waals surface area contributed by atoms with Gasteiger partial charge in [0.2, 0.25) is 0 Å². The SMILES string of the molecule is CCc1cc(Br)cc(C2(CC#N)CCCC2)c1. The third-order valence-corrected chi connectivity index (χ3v) is 4.41. The molecule has 17 heavy (non-hydrogen) atoms.